The number of hydrogen-bond donors (Lipinski definition) is 2. The van der Waals surface area contributed by atoms with E-state index >= 15 is 0 Å². The SMILES string of the molecule is O=C(O)Cc1ccc(Nc2nc(N3CCC(c4ccc(Cl)cc4)CC3)nc3c2S(=O)CCC3)c(F)c1. The number of aromatic nitrogens is 2. The Hall–Kier alpha value is -3.04. The number of rotatable bonds is 6. The van der Waals surface area contributed by atoms with Crippen LogP contribution in [0.2, 0.25) is 5.02 Å². The van der Waals surface area contributed by atoms with E-state index in [2.05, 4.69) is 22.3 Å². The number of nitrogens with zero attached hydrogens (tertiary/aromatic N) is 3. The maximum atomic E-state index is 14.8. The zero-order valence-electron chi connectivity index (χ0n) is 19.5. The summed E-state index contributed by atoms with van der Waals surface area (Å²) in [6.45, 7) is 1.54. The quantitative estimate of drug-likeness (QED) is 0.460. The summed E-state index contributed by atoms with van der Waals surface area (Å²) in [4.78, 5) is 23.1. The predicted molar refractivity (Wildman–Crippen MR) is 138 cm³/mol. The standard InChI is InChI=1S/C26H26ClFN4O3S/c27-19-6-4-17(5-7-19)18-9-11-32(12-10-18)26-30-22-2-1-13-36(35)24(22)25(31-26)29-21-8-3-16(14-20(21)28)15-23(33)34/h3-8,14,18H,1-2,9-13,15H2,(H,33,34)(H,29,30,31). The van der Waals surface area contributed by atoms with Gasteiger partial charge in [-0.25, -0.2) is 9.37 Å². The van der Waals surface area contributed by atoms with Crippen molar-refractivity contribution in [2.45, 2.75) is 42.9 Å². The fourth-order valence-corrected chi connectivity index (χ4v) is 6.27. The van der Waals surface area contributed by atoms with Gasteiger partial charge in [0.05, 0.1) is 28.6 Å². The Bertz CT molecular complexity index is 1310. The highest BCUT2D eigenvalue weighted by Gasteiger charge is 2.28. The summed E-state index contributed by atoms with van der Waals surface area (Å²) in [5, 5.41) is 12.7. The van der Waals surface area contributed by atoms with Crippen molar-refractivity contribution >= 4 is 45.8 Å². The van der Waals surface area contributed by atoms with Crippen LogP contribution in [-0.2, 0) is 28.4 Å². The second-order valence-electron chi connectivity index (χ2n) is 9.12. The summed E-state index contributed by atoms with van der Waals surface area (Å²) in [6.07, 6.45) is 3.08. The van der Waals surface area contributed by atoms with Crippen molar-refractivity contribution in [1.82, 2.24) is 9.97 Å². The second-order valence-corrected chi connectivity index (χ2v) is 11.1. The van der Waals surface area contributed by atoms with Crippen molar-refractivity contribution < 1.29 is 18.5 Å². The van der Waals surface area contributed by atoms with Crippen molar-refractivity contribution in [1.29, 1.82) is 0 Å². The Labute approximate surface area is 216 Å². The van der Waals surface area contributed by atoms with Crippen LogP contribution in [-0.4, -0.2) is 44.1 Å². The van der Waals surface area contributed by atoms with Gasteiger partial charge < -0.3 is 15.3 Å². The van der Waals surface area contributed by atoms with Crippen LogP contribution < -0.4 is 10.2 Å². The lowest BCUT2D eigenvalue weighted by molar-refractivity contribution is -0.136. The van der Waals surface area contributed by atoms with Gasteiger partial charge in [0, 0.05) is 23.9 Å². The molecule has 188 valence electrons. The minimum absolute atomic E-state index is 0.153. The summed E-state index contributed by atoms with van der Waals surface area (Å²) in [7, 11) is -1.28. The first-order valence-corrected chi connectivity index (χ1v) is 13.6. The van der Waals surface area contributed by atoms with Gasteiger partial charge in [-0.1, -0.05) is 29.8 Å². The van der Waals surface area contributed by atoms with Gasteiger partial charge in [0.15, 0.2) is 5.82 Å². The molecule has 10 heteroatoms. The normalized spacial score (nSPS) is 18.1. The molecular weight excluding hydrogens is 503 g/mol. The third-order valence-corrected chi connectivity index (χ3v) is 8.45. The Kier molecular flexibility index (Phi) is 7.20. The molecule has 3 heterocycles. The topological polar surface area (TPSA) is 95.4 Å². The Balaban J connectivity index is 1.40. The molecule has 1 unspecified atom stereocenters. The fourth-order valence-electron chi connectivity index (χ4n) is 4.81. The minimum atomic E-state index is -1.28. The average Bonchev–Trinajstić information content (AvgIpc) is 2.86. The molecule has 0 saturated carbocycles. The summed E-state index contributed by atoms with van der Waals surface area (Å²) in [5.41, 5.74) is 2.52. The van der Waals surface area contributed by atoms with E-state index in [1.54, 1.807) is 6.07 Å². The number of benzene rings is 2. The second kappa shape index (κ2) is 10.5. The van der Waals surface area contributed by atoms with Crippen molar-refractivity contribution in [2.24, 2.45) is 0 Å². The molecule has 0 bridgehead atoms. The van der Waals surface area contributed by atoms with Gasteiger partial charge in [-0.05, 0) is 67.0 Å². The number of carboxylic acids is 1. The number of carbonyl (C=O) groups is 1. The van der Waals surface area contributed by atoms with Crippen LogP contribution in [0.1, 0.15) is 42.0 Å². The summed E-state index contributed by atoms with van der Waals surface area (Å²) in [6, 6.07) is 12.2. The summed E-state index contributed by atoms with van der Waals surface area (Å²) >= 11 is 6.03. The largest absolute Gasteiger partial charge is 0.481 e. The van der Waals surface area contributed by atoms with E-state index in [9.17, 15) is 13.4 Å². The van der Waals surface area contributed by atoms with Crippen LogP contribution >= 0.6 is 11.6 Å². The molecule has 2 N–H and O–H groups in total. The third-order valence-electron chi connectivity index (χ3n) is 6.66. The average molecular weight is 529 g/mol. The van der Waals surface area contributed by atoms with Crippen LogP contribution in [0, 0.1) is 5.82 Å². The number of nitrogens with one attached hydrogen (secondary N) is 1. The molecule has 2 aliphatic rings. The molecule has 36 heavy (non-hydrogen) atoms. The van der Waals surface area contributed by atoms with Crippen molar-refractivity contribution in [2.75, 3.05) is 29.1 Å². The van der Waals surface area contributed by atoms with Gasteiger partial charge in [-0.3, -0.25) is 9.00 Å². The fraction of sp³-hybridized carbons (Fsp3) is 0.346. The maximum absolute atomic E-state index is 14.8. The van der Waals surface area contributed by atoms with Crippen molar-refractivity contribution in [3.63, 3.8) is 0 Å². The van der Waals surface area contributed by atoms with Crippen LogP contribution in [0.3, 0.4) is 0 Å². The first-order valence-electron chi connectivity index (χ1n) is 11.9. The molecule has 3 aromatic rings. The molecule has 1 atom stereocenters. The number of halogens is 2. The van der Waals surface area contributed by atoms with Crippen LogP contribution in [0.25, 0.3) is 0 Å². The van der Waals surface area contributed by atoms with Crippen LogP contribution in [0.5, 0.6) is 0 Å². The first kappa shape index (κ1) is 24.6. The molecule has 0 amide bonds. The van der Waals surface area contributed by atoms with Crippen LogP contribution in [0.4, 0.5) is 21.8 Å². The third kappa shape index (κ3) is 5.37. The molecule has 2 aromatic carbocycles. The Morgan fingerprint density at radius 1 is 1.17 bits per heavy atom. The van der Waals surface area contributed by atoms with Gasteiger partial charge >= 0.3 is 5.97 Å². The Morgan fingerprint density at radius 3 is 2.61 bits per heavy atom. The highest BCUT2D eigenvalue weighted by molar-refractivity contribution is 7.85. The molecule has 1 fully saturated rings. The number of piperidine rings is 1. The smallest absolute Gasteiger partial charge is 0.307 e. The van der Waals surface area contributed by atoms with Crippen molar-refractivity contribution in [3.8, 4) is 0 Å². The minimum Gasteiger partial charge on any atom is -0.481 e. The number of hydrogen-bond acceptors (Lipinski definition) is 6. The molecular formula is C26H26ClFN4O3S. The van der Waals surface area contributed by atoms with Crippen LogP contribution in [0.15, 0.2) is 47.4 Å². The highest BCUT2D eigenvalue weighted by Crippen LogP contribution is 2.34. The van der Waals surface area contributed by atoms with E-state index in [0.717, 1.165) is 43.1 Å². The number of aryl methyl sites for hydroxylation is 1. The number of anilines is 3. The van der Waals surface area contributed by atoms with E-state index in [4.69, 9.17) is 26.7 Å². The van der Waals surface area contributed by atoms with E-state index in [1.165, 1.54) is 17.7 Å². The van der Waals surface area contributed by atoms with E-state index in [-0.39, 0.29) is 12.1 Å². The molecule has 0 radical (unpaired) electrons. The molecule has 1 aromatic heterocycles. The van der Waals surface area contributed by atoms with Gasteiger partial charge in [0.2, 0.25) is 5.95 Å². The predicted octanol–water partition coefficient (Wildman–Crippen LogP) is 5.08. The lowest BCUT2D eigenvalue weighted by Crippen LogP contribution is -2.35. The lowest BCUT2D eigenvalue weighted by atomic mass is 9.89. The maximum Gasteiger partial charge on any atom is 0.307 e. The molecule has 7 nitrogen and oxygen atoms in total. The zero-order valence-corrected chi connectivity index (χ0v) is 21.1. The highest BCUT2D eigenvalue weighted by atomic mass is 35.5. The number of fused-ring (bicyclic) bond motifs is 1. The number of carboxylic acid groups (broad SMARTS) is 1. The summed E-state index contributed by atoms with van der Waals surface area (Å²) in [5.74, 6) is 0.217. The van der Waals surface area contributed by atoms with Crippen molar-refractivity contribution in [3.05, 3.63) is 70.1 Å². The van der Waals surface area contributed by atoms with Gasteiger partial charge in [-0.15, -0.1) is 0 Å². The molecule has 1 saturated heterocycles. The first-order chi connectivity index (χ1) is 17.4. The monoisotopic (exact) mass is 528 g/mol. The van der Waals surface area contributed by atoms with E-state index < -0.39 is 22.6 Å². The lowest BCUT2D eigenvalue weighted by Gasteiger charge is -2.33. The molecule has 2 aliphatic heterocycles. The van der Waals surface area contributed by atoms with Gasteiger partial charge in [-0.2, -0.15) is 4.98 Å². The Morgan fingerprint density at radius 2 is 1.92 bits per heavy atom. The molecule has 0 spiro atoms. The zero-order chi connectivity index (χ0) is 25.2. The van der Waals surface area contributed by atoms with E-state index in [1.807, 2.05) is 12.1 Å². The number of aliphatic carboxylic acids is 1. The van der Waals surface area contributed by atoms with Gasteiger partial charge in [0.25, 0.3) is 0 Å². The summed E-state index contributed by atoms with van der Waals surface area (Å²) < 4.78 is 27.7. The van der Waals surface area contributed by atoms with Gasteiger partial charge in [0.1, 0.15) is 10.7 Å². The molecule has 0 aliphatic carbocycles. The molecule has 5 rings (SSSR count). The van der Waals surface area contributed by atoms with E-state index in [0.29, 0.717) is 40.3 Å².